The molecular formula is C14H15N3S. The van der Waals surface area contributed by atoms with Crippen LogP contribution in [0.2, 0.25) is 0 Å². The van der Waals surface area contributed by atoms with E-state index in [1.165, 1.54) is 11.1 Å². The van der Waals surface area contributed by atoms with Gasteiger partial charge in [0.15, 0.2) is 0 Å². The van der Waals surface area contributed by atoms with Crippen molar-refractivity contribution in [2.45, 2.75) is 13.8 Å². The van der Waals surface area contributed by atoms with Crippen LogP contribution in [0.1, 0.15) is 16.7 Å². The molecule has 0 aliphatic carbocycles. The number of pyridine rings is 1. The van der Waals surface area contributed by atoms with E-state index in [-0.39, 0.29) is 0 Å². The molecule has 0 saturated carbocycles. The van der Waals surface area contributed by atoms with Gasteiger partial charge in [0.25, 0.3) is 0 Å². The van der Waals surface area contributed by atoms with Gasteiger partial charge >= 0.3 is 0 Å². The molecule has 1 aromatic carbocycles. The van der Waals surface area contributed by atoms with Gasteiger partial charge in [0.2, 0.25) is 0 Å². The molecule has 2 aromatic rings. The number of hydrogen-bond donors (Lipinski definition) is 2. The summed E-state index contributed by atoms with van der Waals surface area (Å²) in [6.07, 6.45) is 3.42. The molecule has 0 fully saturated rings. The fourth-order valence-corrected chi connectivity index (χ4v) is 1.92. The normalized spacial score (nSPS) is 10.1. The van der Waals surface area contributed by atoms with E-state index in [4.69, 9.17) is 18.0 Å². The Morgan fingerprint density at radius 2 is 2.00 bits per heavy atom. The van der Waals surface area contributed by atoms with E-state index in [0.717, 1.165) is 16.9 Å². The van der Waals surface area contributed by atoms with Gasteiger partial charge in [0.05, 0.1) is 11.9 Å². The minimum atomic E-state index is 0.366. The molecule has 0 atom stereocenters. The molecule has 1 heterocycles. The highest BCUT2D eigenvalue weighted by Gasteiger charge is 2.07. The first-order valence-electron chi connectivity index (χ1n) is 5.66. The molecule has 4 heteroatoms. The monoisotopic (exact) mass is 257 g/mol. The maximum Gasteiger partial charge on any atom is 0.106 e. The Kier molecular flexibility index (Phi) is 3.58. The average molecular weight is 257 g/mol. The van der Waals surface area contributed by atoms with Crippen molar-refractivity contribution in [3.8, 4) is 0 Å². The molecule has 0 bridgehead atoms. The van der Waals surface area contributed by atoms with Crippen LogP contribution in [0.15, 0.2) is 36.7 Å². The number of benzene rings is 1. The summed E-state index contributed by atoms with van der Waals surface area (Å²) in [4.78, 5) is 4.46. The lowest BCUT2D eigenvalue weighted by atomic mass is 10.1. The molecule has 2 rings (SSSR count). The average Bonchev–Trinajstić information content (AvgIpc) is 2.35. The number of nitrogens with one attached hydrogen (secondary N) is 1. The smallest absolute Gasteiger partial charge is 0.106 e. The zero-order valence-corrected chi connectivity index (χ0v) is 11.2. The van der Waals surface area contributed by atoms with E-state index in [0.29, 0.717) is 4.99 Å². The van der Waals surface area contributed by atoms with Crippen molar-refractivity contribution in [2.24, 2.45) is 5.73 Å². The predicted molar refractivity (Wildman–Crippen MR) is 79.3 cm³/mol. The van der Waals surface area contributed by atoms with Crippen molar-refractivity contribution >= 4 is 28.6 Å². The van der Waals surface area contributed by atoms with Crippen LogP contribution in [0.3, 0.4) is 0 Å². The summed E-state index contributed by atoms with van der Waals surface area (Å²) < 4.78 is 0. The van der Waals surface area contributed by atoms with Gasteiger partial charge in [-0.1, -0.05) is 24.4 Å². The van der Waals surface area contributed by atoms with E-state index in [1.54, 1.807) is 12.4 Å². The zero-order valence-electron chi connectivity index (χ0n) is 10.4. The standard InChI is InChI=1S/C14H15N3S/c1-9-4-3-5-12(10(9)2)17-13-8-16-7-6-11(13)14(15)18/h3-8,17H,1-2H3,(H2,15,18). The largest absolute Gasteiger partial charge is 0.389 e. The summed E-state index contributed by atoms with van der Waals surface area (Å²) in [5, 5.41) is 3.33. The molecule has 0 aliphatic rings. The molecule has 0 spiro atoms. The molecular weight excluding hydrogens is 242 g/mol. The Morgan fingerprint density at radius 1 is 1.22 bits per heavy atom. The van der Waals surface area contributed by atoms with Gasteiger partial charge in [-0.15, -0.1) is 0 Å². The van der Waals surface area contributed by atoms with Crippen LogP contribution in [0.5, 0.6) is 0 Å². The lowest BCUT2D eigenvalue weighted by molar-refractivity contribution is 1.29. The minimum Gasteiger partial charge on any atom is -0.389 e. The van der Waals surface area contributed by atoms with Crippen molar-refractivity contribution in [1.82, 2.24) is 4.98 Å². The molecule has 0 aliphatic heterocycles. The van der Waals surface area contributed by atoms with Crippen molar-refractivity contribution in [2.75, 3.05) is 5.32 Å². The van der Waals surface area contributed by atoms with Crippen molar-refractivity contribution < 1.29 is 0 Å². The number of nitrogens with two attached hydrogens (primary N) is 1. The number of hydrogen-bond acceptors (Lipinski definition) is 3. The van der Waals surface area contributed by atoms with Crippen LogP contribution >= 0.6 is 12.2 Å². The lowest BCUT2D eigenvalue weighted by Crippen LogP contribution is -2.12. The second-order valence-corrected chi connectivity index (χ2v) is 4.60. The SMILES string of the molecule is Cc1cccc(Nc2cnccc2C(N)=S)c1C. The fraction of sp³-hybridized carbons (Fsp3) is 0.143. The van der Waals surface area contributed by atoms with E-state index < -0.39 is 0 Å². The number of nitrogens with zero attached hydrogens (tertiary/aromatic N) is 1. The Bertz CT molecular complexity index is 593. The quantitative estimate of drug-likeness (QED) is 0.830. The first kappa shape index (κ1) is 12.5. The fourth-order valence-electron chi connectivity index (χ4n) is 1.74. The number of anilines is 2. The van der Waals surface area contributed by atoms with Crippen LogP contribution in [-0.4, -0.2) is 9.97 Å². The van der Waals surface area contributed by atoms with Crippen LogP contribution in [0, 0.1) is 13.8 Å². The summed E-state index contributed by atoms with van der Waals surface area (Å²) in [7, 11) is 0. The van der Waals surface area contributed by atoms with Crippen molar-refractivity contribution in [3.63, 3.8) is 0 Å². The Hall–Kier alpha value is -1.94. The first-order valence-corrected chi connectivity index (χ1v) is 6.07. The summed E-state index contributed by atoms with van der Waals surface area (Å²) in [5.74, 6) is 0. The molecule has 0 amide bonds. The highest BCUT2D eigenvalue weighted by molar-refractivity contribution is 7.80. The molecule has 92 valence electrons. The van der Waals surface area contributed by atoms with Crippen molar-refractivity contribution in [3.05, 3.63) is 53.3 Å². The number of aromatic nitrogens is 1. The molecule has 3 nitrogen and oxygen atoms in total. The van der Waals surface area contributed by atoms with E-state index in [1.807, 2.05) is 18.2 Å². The summed E-state index contributed by atoms with van der Waals surface area (Å²) in [5.41, 5.74) is 10.8. The van der Waals surface area contributed by atoms with Crippen LogP contribution < -0.4 is 11.1 Å². The van der Waals surface area contributed by atoms with Crippen LogP contribution in [0.4, 0.5) is 11.4 Å². The zero-order chi connectivity index (χ0) is 13.1. The first-order chi connectivity index (χ1) is 8.59. The van der Waals surface area contributed by atoms with Gasteiger partial charge in [-0.05, 0) is 37.1 Å². The second kappa shape index (κ2) is 5.14. The molecule has 0 radical (unpaired) electrons. The van der Waals surface area contributed by atoms with Crippen molar-refractivity contribution in [1.29, 1.82) is 0 Å². The minimum absolute atomic E-state index is 0.366. The number of thiocarbonyl (C=S) groups is 1. The third-order valence-corrected chi connectivity index (χ3v) is 3.18. The second-order valence-electron chi connectivity index (χ2n) is 4.16. The van der Waals surface area contributed by atoms with Gasteiger partial charge in [-0.2, -0.15) is 0 Å². The third-order valence-electron chi connectivity index (χ3n) is 2.96. The maximum absolute atomic E-state index is 5.70. The Morgan fingerprint density at radius 3 is 2.72 bits per heavy atom. The Balaban J connectivity index is 2.40. The molecule has 0 saturated heterocycles. The van der Waals surface area contributed by atoms with E-state index in [2.05, 4.69) is 30.2 Å². The number of rotatable bonds is 3. The van der Waals surface area contributed by atoms with E-state index >= 15 is 0 Å². The molecule has 3 N–H and O–H groups in total. The number of aryl methyl sites for hydroxylation is 1. The van der Waals surface area contributed by atoms with Gasteiger partial charge in [0, 0.05) is 17.4 Å². The van der Waals surface area contributed by atoms with Gasteiger partial charge in [0.1, 0.15) is 4.99 Å². The van der Waals surface area contributed by atoms with Gasteiger partial charge < -0.3 is 11.1 Å². The summed E-state index contributed by atoms with van der Waals surface area (Å²) in [6, 6.07) is 7.94. The topological polar surface area (TPSA) is 50.9 Å². The molecule has 18 heavy (non-hydrogen) atoms. The third kappa shape index (κ3) is 2.49. The van der Waals surface area contributed by atoms with Gasteiger partial charge in [-0.3, -0.25) is 4.98 Å². The Labute approximate surface area is 112 Å². The van der Waals surface area contributed by atoms with E-state index in [9.17, 15) is 0 Å². The predicted octanol–water partition coefficient (Wildman–Crippen LogP) is 3.08. The molecule has 0 unspecified atom stereocenters. The molecule has 1 aromatic heterocycles. The van der Waals surface area contributed by atoms with Crippen LogP contribution in [-0.2, 0) is 0 Å². The lowest BCUT2D eigenvalue weighted by Gasteiger charge is -2.13. The summed E-state index contributed by atoms with van der Waals surface area (Å²) in [6.45, 7) is 4.16. The highest BCUT2D eigenvalue weighted by Crippen LogP contribution is 2.24. The van der Waals surface area contributed by atoms with Gasteiger partial charge in [-0.25, -0.2) is 0 Å². The van der Waals surface area contributed by atoms with Crippen LogP contribution in [0.25, 0.3) is 0 Å². The maximum atomic E-state index is 5.70. The summed E-state index contributed by atoms with van der Waals surface area (Å²) >= 11 is 5.03. The highest BCUT2D eigenvalue weighted by atomic mass is 32.1.